The molecule has 0 aromatic carbocycles. The second-order valence-corrected chi connectivity index (χ2v) is 6.06. The first-order chi connectivity index (χ1) is 9.63. The van der Waals surface area contributed by atoms with Crippen LogP contribution < -0.4 is 10.2 Å². The first-order valence-electron chi connectivity index (χ1n) is 7.26. The minimum absolute atomic E-state index is 0.0586. The van der Waals surface area contributed by atoms with E-state index in [0.29, 0.717) is 12.6 Å². The topological polar surface area (TPSA) is 48.5 Å². The van der Waals surface area contributed by atoms with Crippen molar-refractivity contribution in [1.29, 1.82) is 0 Å². The maximum absolute atomic E-state index is 11.5. The Morgan fingerprint density at radius 3 is 2.80 bits per heavy atom. The summed E-state index contributed by atoms with van der Waals surface area (Å²) in [4.78, 5) is 20.3. The Morgan fingerprint density at radius 2 is 2.25 bits per heavy atom. The van der Waals surface area contributed by atoms with Crippen LogP contribution >= 0.6 is 11.3 Å². The number of piperidine rings is 1. The highest BCUT2D eigenvalue weighted by Gasteiger charge is 2.19. The zero-order valence-corrected chi connectivity index (χ0v) is 13.4. The number of carbonyl (C=O) groups is 1. The lowest BCUT2D eigenvalue weighted by Crippen LogP contribution is -2.40. The predicted octanol–water partition coefficient (Wildman–Crippen LogP) is 1.70. The molecular formula is C14H24N4OS. The fraction of sp³-hybridized carbons (Fsp3) is 0.714. The van der Waals surface area contributed by atoms with Gasteiger partial charge in [-0.15, -0.1) is 11.3 Å². The molecule has 0 bridgehead atoms. The van der Waals surface area contributed by atoms with Gasteiger partial charge in [0.1, 0.15) is 0 Å². The van der Waals surface area contributed by atoms with Crippen LogP contribution in [0.5, 0.6) is 0 Å². The molecule has 1 aliphatic heterocycles. The number of likely N-dealkylation sites (tertiary alicyclic amines) is 1. The molecule has 1 aromatic heterocycles. The highest BCUT2D eigenvalue weighted by Crippen LogP contribution is 2.22. The third-order valence-corrected chi connectivity index (χ3v) is 4.76. The average molecular weight is 296 g/mol. The van der Waals surface area contributed by atoms with Crippen LogP contribution in [0, 0.1) is 0 Å². The highest BCUT2D eigenvalue weighted by atomic mass is 32.1. The molecule has 1 N–H and O–H groups in total. The Balaban J connectivity index is 1.91. The average Bonchev–Trinajstić information content (AvgIpc) is 2.88. The minimum atomic E-state index is 0.0586. The maximum Gasteiger partial charge on any atom is 0.225 e. The van der Waals surface area contributed by atoms with Crippen molar-refractivity contribution < 1.29 is 4.79 Å². The molecule has 1 aliphatic rings. The molecule has 0 aliphatic carbocycles. The number of hydrogen-bond acceptors (Lipinski definition) is 5. The number of nitrogens with zero attached hydrogens (tertiary/aromatic N) is 3. The van der Waals surface area contributed by atoms with Crippen molar-refractivity contribution in [2.45, 2.75) is 39.3 Å². The van der Waals surface area contributed by atoms with Crippen LogP contribution in [-0.4, -0.2) is 48.5 Å². The SMILES string of the molecule is CCN(C(C)=O)c1nc(CN2CCC(NC)CC2)cs1. The molecule has 1 saturated heterocycles. The van der Waals surface area contributed by atoms with Crippen LogP contribution in [0.3, 0.4) is 0 Å². The first kappa shape index (κ1) is 15.4. The van der Waals surface area contributed by atoms with Crippen LogP contribution in [0.25, 0.3) is 0 Å². The number of anilines is 1. The van der Waals surface area contributed by atoms with Gasteiger partial charge in [-0.25, -0.2) is 4.98 Å². The number of nitrogens with one attached hydrogen (secondary N) is 1. The normalized spacial score (nSPS) is 17.4. The van der Waals surface area contributed by atoms with Crippen molar-refractivity contribution in [3.8, 4) is 0 Å². The standard InChI is InChI=1S/C14H24N4OS/c1-4-18(11(2)19)14-16-13(10-20-14)9-17-7-5-12(15-3)6-8-17/h10,12,15H,4-9H2,1-3H3. The summed E-state index contributed by atoms with van der Waals surface area (Å²) in [6.45, 7) is 7.36. The predicted molar refractivity (Wildman–Crippen MR) is 83.2 cm³/mol. The summed E-state index contributed by atoms with van der Waals surface area (Å²) in [7, 11) is 2.04. The maximum atomic E-state index is 11.5. The Kier molecular flexibility index (Phi) is 5.51. The lowest BCUT2D eigenvalue weighted by molar-refractivity contribution is -0.116. The molecule has 1 fully saturated rings. The summed E-state index contributed by atoms with van der Waals surface area (Å²) < 4.78 is 0. The van der Waals surface area contributed by atoms with Crippen LogP contribution in [0.2, 0.25) is 0 Å². The van der Waals surface area contributed by atoms with Gasteiger partial charge in [0.2, 0.25) is 5.91 Å². The molecule has 2 heterocycles. The molecule has 1 aromatic rings. The van der Waals surface area contributed by atoms with Gasteiger partial charge in [0.25, 0.3) is 0 Å². The largest absolute Gasteiger partial charge is 0.317 e. The van der Waals surface area contributed by atoms with Gasteiger partial charge in [0.05, 0.1) is 5.69 Å². The van der Waals surface area contributed by atoms with Crippen molar-refractivity contribution in [1.82, 2.24) is 15.2 Å². The zero-order valence-electron chi connectivity index (χ0n) is 12.6. The van der Waals surface area contributed by atoms with E-state index in [2.05, 4.69) is 20.6 Å². The summed E-state index contributed by atoms with van der Waals surface area (Å²) >= 11 is 1.56. The summed E-state index contributed by atoms with van der Waals surface area (Å²) in [5.41, 5.74) is 1.08. The van der Waals surface area contributed by atoms with Crippen LogP contribution in [0.4, 0.5) is 5.13 Å². The van der Waals surface area contributed by atoms with Gasteiger partial charge in [-0.1, -0.05) is 0 Å². The van der Waals surface area contributed by atoms with E-state index in [4.69, 9.17) is 0 Å². The van der Waals surface area contributed by atoms with E-state index in [0.717, 1.165) is 30.5 Å². The molecule has 1 amide bonds. The quantitative estimate of drug-likeness (QED) is 0.898. The van der Waals surface area contributed by atoms with E-state index < -0.39 is 0 Å². The first-order valence-corrected chi connectivity index (χ1v) is 8.14. The van der Waals surface area contributed by atoms with Gasteiger partial charge < -0.3 is 5.32 Å². The van der Waals surface area contributed by atoms with Crippen molar-refractivity contribution in [2.75, 3.05) is 31.6 Å². The van der Waals surface area contributed by atoms with Crippen LogP contribution in [0.15, 0.2) is 5.38 Å². The van der Waals surface area contributed by atoms with Crippen molar-refractivity contribution >= 4 is 22.4 Å². The molecule has 0 radical (unpaired) electrons. The molecule has 112 valence electrons. The van der Waals surface area contributed by atoms with E-state index in [9.17, 15) is 4.79 Å². The smallest absolute Gasteiger partial charge is 0.225 e. The number of hydrogen-bond donors (Lipinski definition) is 1. The van der Waals surface area contributed by atoms with E-state index in [-0.39, 0.29) is 5.91 Å². The summed E-state index contributed by atoms with van der Waals surface area (Å²) in [5, 5.41) is 6.24. The number of rotatable bonds is 5. The molecule has 0 spiro atoms. The van der Waals surface area contributed by atoms with E-state index >= 15 is 0 Å². The summed E-state index contributed by atoms with van der Waals surface area (Å²) in [6.07, 6.45) is 2.39. The fourth-order valence-corrected chi connectivity index (χ4v) is 3.52. The lowest BCUT2D eigenvalue weighted by atomic mass is 10.1. The number of amides is 1. The van der Waals surface area contributed by atoms with E-state index in [1.165, 1.54) is 12.8 Å². The number of thiazole rings is 1. The Hall–Kier alpha value is -0.980. The van der Waals surface area contributed by atoms with Crippen molar-refractivity contribution in [2.24, 2.45) is 0 Å². The fourth-order valence-electron chi connectivity index (χ4n) is 2.59. The Morgan fingerprint density at radius 1 is 1.55 bits per heavy atom. The van der Waals surface area contributed by atoms with Gasteiger partial charge in [-0.05, 0) is 26.8 Å². The monoisotopic (exact) mass is 296 g/mol. The van der Waals surface area contributed by atoms with Gasteiger partial charge in [0.15, 0.2) is 5.13 Å². The van der Waals surface area contributed by atoms with Crippen LogP contribution in [0.1, 0.15) is 32.4 Å². The molecule has 2 rings (SSSR count). The summed E-state index contributed by atoms with van der Waals surface area (Å²) in [5.74, 6) is 0.0586. The van der Waals surface area contributed by atoms with Gasteiger partial charge in [-0.2, -0.15) is 0 Å². The molecule has 0 unspecified atom stereocenters. The second-order valence-electron chi connectivity index (χ2n) is 5.22. The Labute approximate surface area is 125 Å². The number of aromatic nitrogens is 1. The lowest BCUT2D eigenvalue weighted by Gasteiger charge is -2.31. The van der Waals surface area contributed by atoms with Crippen molar-refractivity contribution in [3.05, 3.63) is 11.1 Å². The third-order valence-electron chi connectivity index (χ3n) is 3.85. The number of carbonyl (C=O) groups excluding carboxylic acids is 1. The molecule has 0 saturated carbocycles. The molecule has 0 atom stereocenters. The summed E-state index contributed by atoms with van der Waals surface area (Å²) in [6, 6.07) is 0.658. The molecule has 6 heteroatoms. The van der Waals surface area contributed by atoms with E-state index in [1.54, 1.807) is 23.2 Å². The molecule has 20 heavy (non-hydrogen) atoms. The second kappa shape index (κ2) is 7.15. The van der Waals surface area contributed by atoms with Gasteiger partial charge >= 0.3 is 0 Å². The zero-order chi connectivity index (χ0) is 14.5. The van der Waals surface area contributed by atoms with Gasteiger partial charge in [0, 0.05) is 44.5 Å². The van der Waals surface area contributed by atoms with Gasteiger partial charge in [-0.3, -0.25) is 14.6 Å². The molecule has 5 nitrogen and oxygen atoms in total. The van der Waals surface area contributed by atoms with Crippen LogP contribution in [-0.2, 0) is 11.3 Å². The van der Waals surface area contributed by atoms with E-state index in [1.807, 2.05) is 14.0 Å². The molecular weight excluding hydrogens is 272 g/mol. The Bertz CT molecular complexity index is 440. The highest BCUT2D eigenvalue weighted by molar-refractivity contribution is 7.14. The van der Waals surface area contributed by atoms with Crippen molar-refractivity contribution in [3.63, 3.8) is 0 Å². The third kappa shape index (κ3) is 3.77. The minimum Gasteiger partial charge on any atom is -0.317 e.